The summed E-state index contributed by atoms with van der Waals surface area (Å²) < 4.78 is 0. The number of carbonyl (C=O) groups excluding carboxylic acids is 2. The molecule has 0 radical (unpaired) electrons. The molecule has 0 saturated heterocycles. The highest BCUT2D eigenvalue weighted by atomic mass is 32.1. The highest BCUT2D eigenvalue weighted by Gasteiger charge is 2.15. The maximum Gasteiger partial charge on any atom is 0.264 e. The number of hydrogen-bond donors (Lipinski definition) is 2. The molecule has 0 bridgehead atoms. The largest absolute Gasteiger partial charge is 0.353 e. The first-order valence-electron chi connectivity index (χ1n) is 6.41. The summed E-state index contributed by atoms with van der Waals surface area (Å²) >= 11 is 1.38. The van der Waals surface area contributed by atoms with Gasteiger partial charge in [0.2, 0.25) is 5.91 Å². The van der Waals surface area contributed by atoms with E-state index in [0.29, 0.717) is 11.4 Å². The Morgan fingerprint density at radius 2 is 2.11 bits per heavy atom. The molecule has 2 amide bonds. The number of thiophene rings is 1. The highest BCUT2D eigenvalue weighted by molar-refractivity contribution is 7.12. The molecule has 0 atom stereocenters. The maximum atomic E-state index is 11.9. The normalized spacial score (nSPS) is 10.2. The summed E-state index contributed by atoms with van der Waals surface area (Å²) in [6.07, 6.45) is 1.08. The first-order chi connectivity index (χ1) is 9.15. The molecular formula is C13H21N3O2S. The van der Waals surface area contributed by atoms with Gasteiger partial charge in [-0.15, -0.1) is 11.3 Å². The molecule has 1 heterocycles. The van der Waals surface area contributed by atoms with Crippen molar-refractivity contribution in [2.45, 2.75) is 13.3 Å². The first kappa shape index (κ1) is 15.7. The lowest BCUT2D eigenvalue weighted by Crippen LogP contribution is -2.40. The smallest absolute Gasteiger partial charge is 0.264 e. The third-order valence-electron chi connectivity index (χ3n) is 2.51. The zero-order chi connectivity index (χ0) is 14.1. The molecule has 2 N–H and O–H groups in total. The van der Waals surface area contributed by atoms with Gasteiger partial charge in [0.15, 0.2) is 0 Å². The van der Waals surface area contributed by atoms with Gasteiger partial charge in [0.25, 0.3) is 5.91 Å². The molecule has 0 spiro atoms. The van der Waals surface area contributed by atoms with Crippen LogP contribution in [0.25, 0.3) is 0 Å². The molecule has 0 aliphatic carbocycles. The number of hydrogen-bond acceptors (Lipinski definition) is 4. The second-order valence-corrected chi connectivity index (χ2v) is 5.19. The van der Waals surface area contributed by atoms with Crippen LogP contribution in [0.3, 0.4) is 0 Å². The zero-order valence-corrected chi connectivity index (χ0v) is 12.3. The van der Waals surface area contributed by atoms with Crippen LogP contribution in [0.15, 0.2) is 17.5 Å². The average Bonchev–Trinajstić information content (AvgIpc) is 2.91. The maximum absolute atomic E-state index is 11.9. The molecule has 0 unspecified atom stereocenters. The third kappa shape index (κ3) is 5.85. The molecule has 5 nitrogen and oxygen atoms in total. The molecule has 0 aliphatic heterocycles. The van der Waals surface area contributed by atoms with Gasteiger partial charge in [-0.3, -0.25) is 9.59 Å². The Bertz CT molecular complexity index is 393. The Hall–Kier alpha value is -1.40. The van der Waals surface area contributed by atoms with Crippen LogP contribution >= 0.6 is 11.3 Å². The fraction of sp³-hybridized carbons (Fsp3) is 0.538. The Balaban J connectivity index is 2.22. The quantitative estimate of drug-likeness (QED) is 0.698. The molecule has 0 aromatic carbocycles. The van der Waals surface area contributed by atoms with Crippen LogP contribution in [0.1, 0.15) is 23.0 Å². The van der Waals surface area contributed by atoms with E-state index >= 15 is 0 Å². The van der Waals surface area contributed by atoms with Crippen molar-refractivity contribution in [2.24, 2.45) is 0 Å². The fourth-order valence-electron chi connectivity index (χ4n) is 1.52. The minimum Gasteiger partial charge on any atom is -0.353 e. The molecule has 0 fully saturated rings. The van der Waals surface area contributed by atoms with Gasteiger partial charge in [-0.05, 0) is 24.4 Å². The van der Waals surface area contributed by atoms with Gasteiger partial charge < -0.3 is 15.5 Å². The number of nitrogens with zero attached hydrogens (tertiary/aromatic N) is 1. The van der Waals surface area contributed by atoms with Crippen LogP contribution < -0.4 is 10.6 Å². The predicted molar refractivity (Wildman–Crippen MR) is 77.4 cm³/mol. The molecule has 1 aromatic rings. The third-order valence-corrected chi connectivity index (χ3v) is 3.37. The molecule has 6 heteroatoms. The Kier molecular flexibility index (Phi) is 7.14. The van der Waals surface area contributed by atoms with E-state index in [1.54, 1.807) is 13.1 Å². The molecule has 19 heavy (non-hydrogen) atoms. The molecular weight excluding hydrogens is 262 g/mol. The van der Waals surface area contributed by atoms with E-state index in [9.17, 15) is 9.59 Å². The van der Waals surface area contributed by atoms with Crippen molar-refractivity contribution >= 4 is 23.2 Å². The van der Waals surface area contributed by atoms with Crippen molar-refractivity contribution < 1.29 is 9.59 Å². The Labute approximate surface area is 118 Å². The number of nitrogens with one attached hydrogen (secondary N) is 2. The SMILES string of the molecule is CCCNCCNC(=O)CN(C)C(=O)c1cccs1. The van der Waals surface area contributed by atoms with Crippen molar-refractivity contribution in [1.29, 1.82) is 0 Å². The minimum absolute atomic E-state index is 0.0878. The van der Waals surface area contributed by atoms with Crippen molar-refractivity contribution in [2.75, 3.05) is 33.2 Å². The van der Waals surface area contributed by atoms with Crippen LogP contribution in [0.5, 0.6) is 0 Å². The molecule has 1 aromatic heterocycles. The molecule has 1 rings (SSSR count). The average molecular weight is 283 g/mol. The number of carbonyl (C=O) groups is 2. The number of amides is 2. The summed E-state index contributed by atoms with van der Waals surface area (Å²) in [5.41, 5.74) is 0. The van der Waals surface area contributed by atoms with Crippen LogP contribution in [0.4, 0.5) is 0 Å². The van der Waals surface area contributed by atoms with Gasteiger partial charge in [0, 0.05) is 20.1 Å². The monoisotopic (exact) mass is 283 g/mol. The van der Waals surface area contributed by atoms with Crippen molar-refractivity contribution in [3.05, 3.63) is 22.4 Å². The fourth-order valence-corrected chi connectivity index (χ4v) is 2.24. The second-order valence-electron chi connectivity index (χ2n) is 4.24. The van der Waals surface area contributed by atoms with E-state index in [2.05, 4.69) is 17.6 Å². The van der Waals surface area contributed by atoms with Crippen LogP contribution in [-0.4, -0.2) is 49.9 Å². The van der Waals surface area contributed by atoms with Gasteiger partial charge in [-0.25, -0.2) is 0 Å². The molecule has 106 valence electrons. The summed E-state index contributed by atoms with van der Waals surface area (Å²) in [7, 11) is 1.64. The predicted octanol–water partition coefficient (Wildman–Crippen LogP) is 0.936. The first-order valence-corrected chi connectivity index (χ1v) is 7.29. The highest BCUT2D eigenvalue weighted by Crippen LogP contribution is 2.10. The molecule has 0 saturated carbocycles. The lowest BCUT2D eigenvalue weighted by Gasteiger charge is -2.15. The van der Waals surface area contributed by atoms with Crippen molar-refractivity contribution in [3.8, 4) is 0 Å². The van der Waals surface area contributed by atoms with E-state index in [0.717, 1.165) is 19.5 Å². The topological polar surface area (TPSA) is 61.4 Å². The number of likely N-dealkylation sites (N-methyl/N-ethyl adjacent to an activating group) is 1. The van der Waals surface area contributed by atoms with E-state index in [1.165, 1.54) is 16.2 Å². The second kappa shape index (κ2) is 8.66. The van der Waals surface area contributed by atoms with E-state index in [4.69, 9.17) is 0 Å². The summed E-state index contributed by atoms with van der Waals surface area (Å²) in [6.45, 7) is 4.47. The van der Waals surface area contributed by atoms with E-state index < -0.39 is 0 Å². The van der Waals surface area contributed by atoms with Crippen LogP contribution in [0.2, 0.25) is 0 Å². The number of rotatable bonds is 8. The standard InChI is InChI=1S/C13H21N3O2S/c1-3-6-14-7-8-15-12(17)10-16(2)13(18)11-5-4-9-19-11/h4-5,9,14H,3,6-8,10H2,1-2H3,(H,15,17). The van der Waals surface area contributed by atoms with Crippen LogP contribution in [-0.2, 0) is 4.79 Å². The van der Waals surface area contributed by atoms with Crippen molar-refractivity contribution in [3.63, 3.8) is 0 Å². The van der Waals surface area contributed by atoms with Gasteiger partial charge in [-0.2, -0.15) is 0 Å². The van der Waals surface area contributed by atoms with Gasteiger partial charge in [0.05, 0.1) is 11.4 Å². The van der Waals surface area contributed by atoms with Gasteiger partial charge >= 0.3 is 0 Å². The lowest BCUT2D eigenvalue weighted by molar-refractivity contribution is -0.121. The van der Waals surface area contributed by atoms with Gasteiger partial charge in [0.1, 0.15) is 0 Å². The zero-order valence-electron chi connectivity index (χ0n) is 11.4. The van der Waals surface area contributed by atoms with Gasteiger partial charge in [-0.1, -0.05) is 13.0 Å². The van der Waals surface area contributed by atoms with Crippen LogP contribution in [0, 0.1) is 0 Å². The summed E-state index contributed by atoms with van der Waals surface area (Å²) in [4.78, 5) is 25.6. The van der Waals surface area contributed by atoms with E-state index in [-0.39, 0.29) is 18.4 Å². The van der Waals surface area contributed by atoms with Crippen molar-refractivity contribution in [1.82, 2.24) is 15.5 Å². The summed E-state index contributed by atoms with van der Waals surface area (Å²) in [5, 5.41) is 7.82. The van der Waals surface area contributed by atoms with E-state index in [1.807, 2.05) is 11.4 Å². The lowest BCUT2D eigenvalue weighted by atomic mass is 10.4. The molecule has 0 aliphatic rings. The minimum atomic E-state index is -0.134. The summed E-state index contributed by atoms with van der Waals surface area (Å²) in [6, 6.07) is 3.58. The Morgan fingerprint density at radius 3 is 2.74 bits per heavy atom. The summed E-state index contributed by atoms with van der Waals surface area (Å²) in [5.74, 6) is -0.250. The Morgan fingerprint density at radius 1 is 1.32 bits per heavy atom.